The van der Waals surface area contributed by atoms with Gasteiger partial charge in [0.2, 0.25) is 5.91 Å². The summed E-state index contributed by atoms with van der Waals surface area (Å²) < 4.78 is 1.90. The van der Waals surface area contributed by atoms with Crippen molar-refractivity contribution in [3.05, 3.63) is 24.0 Å². The molecule has 5 nitrogen and oxygen atoms in total. The van der Waals surface area contributed by atoms with Crippen LogP contribution in [0.25, 0.3) is 0 Å². The van der Waals surface area contributed by atoms with Crippen molar-refractivity contribution < 1.29 is 9.59 Å². The maximum atomic E-state index is 12.0. The fourth-order valence-electron chi connectivity index (χ4n) is 2.01. The molecule has 0 spiro atoms. The summed E-state index contributed by atoms with van der Waals surface area (Å²) in [6.45, 7) is 3.30. The molecule has 1 aliphatic rings. The number of hydrogen-bond acceptors (Lipinski definition) is 2. The summed E-state index contributed by atoms with van der Waals surface area (Å²) in [7, 11) is 0. The van der Waals surface area contributed by atoms with Crippen LogP contribution in [0.1, 0.15) is 30.3 Å². The van der Waals surface area contributed by atoms with E-state index >= 15 is 0 Å². The van der Waals surface area contributed by atoms with Crippen molar-refractivity contribution in [2.45, 2.75) is 32.4 Å². The first-order valence-corrected chi connectivity index (χ1v) is 5.93. The summed E-state index contributed by atoms with van der Waals surface area (Å²) >= 11 is 0. The predicted octanol–water partition coefficient (Wildman–Crippen LogP) is 0.516. The number of aromatic nitrogens is 1. The summed E-state index contributed by atoms with van der Waals surface area (Å²) in [6, 6.07) is 3.71. The van der Waals surface area contributed by atoms with Crippen LogP contribution in [0.15, 0.2) is 18.3 Å². The first-order valence-electron chi connectivity index (χ1n) is 5.93. The van der Waals surface area contributed by atoms with Gasteiger partial charge in [0.05, 0.1) is 0 Å². The van der Waals surface area contributed by atoms with E-state index in [0.29, 0.717) is 25.1 Å². The Bertz CT molecular complexity index is 415. The van der Waals surface area contributed by atoms with Gasteiger partial charge in [-0.05, 0) is 25.5 Å². The largest absolute Gasteiger partial charge is 0.354 e. The molecule has 1 unspecified atom stereocenters. The van der Waals surface area contributed by atoms with Gasteiger partial charge in [-0.1, -0.05) is 0 Å². The summed E-state index contributed by atoms with van der Waals surface area (Å²) in [5, 5.41) is 5.69. The number of rotatable bonds is 3. The van der Waals surface area contributed by atoms with Crippen molar-refractivity contribution in [1.82, 2.24) is 15.2 Å². The number of carbonyl (C=O) groups is 2. The first-order chi connectivity index (χ1) is 8.20. The SMILES string of the molecule is CCn1cccc1C(=O)NC1CCC(=O)NC1. The highest BCUT2D eigenvalue weighted by molar-refractivity contribution is 5.93. The number of aryl methyl sites for hydroxylation is 1. The molecule has 1 aromatic heterocycles. The van der Waals surface area contributed by atoms with Crippen LogP contribution in [-0.4, -0.2) is 29.0 Å². The van der Waals surface area contributed by atoms with Crippen molar-refractivity contribution in [3.63, 3.8) is 0 Å². The molecule has 0 bridgehead atoms. The monoisotopic (exact) mass is 235 g/mol. The fraction of sp³-hybridized carbons (Fsp3) is 0.500. The normalized spacial score (nSPS) is 19.8. The molecule has 0 aliphatic carbocycles. The number of hydrogen-bond donors (Lipinski definition) is 2. The van der Waals surface area contributed by atoms with Gasteiger partial charge in [0.1, 0.15) is 5.69 Å². The fourth-order valence-corrected chi connectivity index (χ4v) is 2.01. The summed E-state index contributed by atoms with van der Waals surface area (Å²) in [6.07, 6.45) is 3.09. The molecule has 1 aliphatic heterocycles. The summed E-state index contributed by atoms with van der Waals surface area (Å²) in [5.41, 5.74) is 0.671. The number of piperidine rings is 1. The van der Waals surface area contributed by atoms with E-state index in [4.69, 9.17) is 0 Å². The molecule has 0 saturated carbocycles. The molecule has 2 N–H and O–H groups in total. The average molecular weight is 235 g/mol. The van der Waals surface area contributed by atoms with Gasteiger partial charge in [-0.3, -0.25) is 9.59 Å². The van der Waals surface area contributed by atoms with Crippen molar-refractivity contribution in [2.75, 3.05) is 6.54 Å². The molecule has 5 heteroatoms. The Morgan fingerprint density at radius 3 is 3.12 bits per heavy atom. The Morgan fingerprint density at radius 1 is 1.65 bits per heavy atom. The van der Waals surface area contributed by atoms with Gasteiger partial charge in [0, 0.05) is 31.7 Å². The zero-order chi connectivity index (χ0) is 12.3. The van der Waals surface area contributed by atoms with Gasteiger partial charge in [0.15, 0.2) is 0 Å². The van der Waals surface area contributed by atoms with Crippen LogP contribution >= 0.6 is 0 Å². The molecular weight excluding hydrogens is 218 g/mol. The predicted molar refractivity (Wildman–Crippen MR) is 63.6 cm³/mol. The zero-order valence-electron chi connectivity index (χ0n) is 9.90. The third-order valence-electron chi connectivity index (χ3n) is 3.00. The van der Waals surface area contributed by atoms with Crippen molar-refractivity contribution in [3.8, 4) is 0 Å². The van der Waals surface area contributed by atoms with E-state index in [-0.39, 0.29) is 17.9 Å². The van der Waals surface area contributed by atoms with Gasteiger partial charge in [-0.25, -0.2) is 0 Å². The Labute approximate surface area is 100 Å². The van der Waals surface area contributed by atoms with E-state index < -0.39 is 0 Å². The Kier molecular flexibility index (Phi) is 3.46. The smallest absolute Gasteiger partial charge is 0.268 e. The van der Waals surface area contributed by atoms with Gasteiger partial charge < -0.3 is 15.2 Å². The van der Waals surface area contributed by atoms with Gasteiger partial charge in [0.25, 0.3) is 5.91 Å². The lowest BCUT2D eigenvalue weighted by atomic mass is 10.1. The second kappa shape index (κ2) is 5.03. The topological polar surface area (TPSA) is 63.1 Å². The second-order valence-corrected chi connectivity index (χ2v) is 4.19. The van der Waals surface area contributed by atoms with Crippen LogP contribution in [0.4, 0.5) is 0 Å². The van der Waals surface area contributed by atoms with E-state index in [1.165, 1.54) is 0 Å². The van der Waals surface area contributed by atoms with Crippen molar-refractivity contribution in [2.24, 2.45) is 0 Å². The maximum absolute atomic E-state index is 12.0. The number of amides is 2. The van der Waals surface area contributed by atoms with E-state index in [2.05, 4.69) is 10.6 Å². The summed E-state index contributed by atoms with van der Waals surface area (Å²) in [5.74, 6) is -0.00886. The molecule has 0 aromatic carbocycles. The molecule has 2 rings (SSSR count). The Balaban J connectivity index is 1.95. The van der Waals surface area contributed by atoms with Crippen LogP contribution in [0.3, 0.4) is 0 Å². The molecule has 17 heavy (non-hydrogen) atoms. The quantitative estimate of drug-likeness (QED) is 0.802. The van der Waals surface area contributed by atoms with E-state index in [1.54, 1.807) is 6.07 Å². The Hall–Kier alpha value is -1.78. The number of nitrogens with zero attached hydrogens (tertiary/aromatic N) is 1. The minimum Gasteiger partial charge on any atom is -0.354 e. The minimum absolute atomic E-state index is 0.0420. The molecule has 1 aromatic rings. The second-order valence-electron chi connectivity index (χ2n) is 4.19. The zero-order valence-corrected chi connectivity index (χ0v) is 9.90. The maximum Gasteiger partial charge on any atom is 0.268 e. The lowest BCUT2D eigenvalue weighted by Crippen LogP contribution is -2.48. The van der Waals surface area contributed by atoms with Crippen LogP contribution in [0.2, 0.25) is 0 Å². The van der Waals surface area contributed by atoms with E-state index in [1.807, 2.05) is 23.8 Å². The number of nitrogens with one attached hydrogen (secondary N) is 2. The number of carbonyl (C=O) groups excluding carboxylic acids is 2. The summed E-state index contributed by atoms with van der Waals surface area (Å²) in [4.78, 5) is 23.0. The first kappa shape index (κ1) is 11.7. The van der Waals surface area contributed by atoms with Crippen molar-refractivity contribution in [1.29, 1.82) is 0 Å². The van der Waals surface area contributed by atoms with Crippen LogP contribution in [0, 0.1) is 0 Å². The third kappa shape index (κ3) is 2.67. The lowest BCUT2D eigenvalue weighted by molar-refractivity contribution is -0.122. The molecule has 2 heterocycles. The van der Waals surface area contributed by atoms with E-state index in [0.717, 1.165) is 6.54 Å². The molecule has 1 fully saturated rings. The van der Waals surface area contributed by atoms with Crippen LogP contribution in [-0.2, 0) is 11.3 Å². The van der Waals surface area contributed by atoms with Crippen LogP contribution in [0.5, 0.6) is 0 Å². The molecule has 1 atom stereocenters. The standard InChI is InChI=1S/C12H17N3O2/c1-2-15-7-3-4-10(15)12(17)14-9-5-6-11(16)13-8-9/h3-4,7,9H,2,5-6,8H2,1H3,(H,13,16)(H,14,17). The third-order valence-corrected chi connectivity index (χ3v) is 3.00. The highest BCUT2D eigenvalue weighted by Gasteiger charge is 2.20. The molecule has 2 amide bonds. The van der Waals surface area contributed by atoms with Crippen LogP contribution < -0.4 is 10.6 Å². The van der Waals surface area contributed by atoms with Gasteiger partial charge in [-0.15, -0.1) is 0 Å². The van der Waals surface area contributed by atoms with Crippen molar-refractivity contribution >= 4 is 11.8 Å². The van der Waals surface area contributed by atoms with Gasteiger partial charge >= 0.3 is 0 Å². The Morgan fingerprint density at radius 2 is 2.47 bits per heavy atom. The molecule has 0 radical (unpaired) electrons. The highest BCUT2D eigenvalue weighted by atomic mass is 16.2. The molecule has 92 valence electrons. The molecule has 1 saturated heterocycles. The highest BCUT2D eigenvalue weighted by Crippen LogP contribution is 2.06. The average Bonchev–Trinajstić information content (AvgIpc) is 2.80. The minimum atomic E-state index is -0.0713. The van der Waals surface area contributed by atoms with Gasteiger partial charge in [-0.2, -0.15) is 0 Å². The molecular formula is C12H17N3O2. The lowest BCUT2D eigenvalue weighted by Gasteiger charge is -2.23. The van der Waals surface area contributed by atoms with E-state index in [9.17, 15) is 9.59 Å².